The fraction of sp³-hybridized carbons (Fsp3) is 0.364. The van der Waals surface area contributed by atoms with E-state index in [-0.39, 0.29) is 34.9 Å². The number of para-hydroxylation sites is 1. The van der Waals surface area contributed by atoms with Gasteiger partial charge in [-0.05, 0) is 64.1 Å². The lowest BCUT2D eigenvalue weighted by Gasteiger charge is -2.43. The standard InChI is InChI=1S/C33H35FN8O3/c1-33(2,40(3)23-18-44-19-23)15-21(16-35)32(43)41-13-7-8-22(17-41)42-31-28(30(36)37-20-38-31)29(39-42)26-12-11-25(14-27(26)34)45-24-9-5-4-6-10-24/h4-6,9-12,14-15,20,22-23H,7-8,13,17-19H2,1-3H3,(H2,36,37,38)/t22-/m1/s1. The number of nitrogen functional groups attached to an aromatic ring is 1. The molecule has 232 valence electrons. The lowest BCUT2D eigenvalue weighted by Crippen LogP contribution is -2.55. The van der Waals surface area contributed by atoms with Gasteiger partial charge in [-0.25, -0.2) is 19.0 Å². The van der Waals surface area contributed by atoms with Crippen LogP contribution in [-0.2, 0) is 9.53 Å². The van der Waals surface area contributed by atoms with Crippen LogP contribution in [-0.4, -0.2) is 80.4 Å². The summed E-state index contributed by atoms with van der Waals surface area (Å²) in [5.41, 5.74) is 6.83. The maximum atomic E-state index is 15.6. The van der Waals surface area contributed by atoms with E-state index in [1.807, 2.05) is 39.1 Å². The van der Waals surface area contributed by atoms with Gasteiger partial charge >= 0.3 is 0 Å². The van der Waals surface area contributed by atoms with E-state index in [1.54, 1.807) is 39.9 Å². The predicted octanol–water partition coefficient (Wildman–Crippen LogP) is 4.73. The average Bonchev–Trinajstić information content (AvgIpc) is 3.40. The van der Waals surface area contributed by atoms with Crippen molar-refractivity contribution in [1.82, 2.24) is 29.5 Å². The molecule has 1 amide bonds. The summed E-state index contributed by atoms with van der Waals surface area (Å²) in [6, 6.07) is 15.8. The van der Waals surface area contributed by atoms with E-state index < -0.39 is 11.4 Å². The molecule has 0 radical (unpaired) electrons. The van der Waals surface area contributed by atoms with Crippen molar-refractivity contribution in [3.8, 4) is 28.8 Å². The number of anilines is 1. The molecule has 2 aromatic carbocycles. The SMILES string of the molecule is CN(C1COC1)C(C)(C)C=C(C#N)C(=O)N1CCC[C@@H](n2nc(-c3ccc(Oc4ccccc4)cc3F)c3c(N)ncnc32)C1. The minimum absolute atomic E-state index is 0.0882. The summed E-state index contributed by atoms with van der Waals surface area (Å²) in [4.78, 5) is 26.1. The van der Waals surface area contributed by atoms with E-state index in [4.69, 9.17) is 20.3 Å². The van der Waals surface area contributed by atoms with E-state index >= 15 is 4.39 Å². The number of amides is 1. The highest BCUT2D eigenvalue weighted by atomic mass is 19.1. The Kier molecular flexibility index (Phi) is 8.22. The van der Waals surface area contributed by atoms with Crippen LogP contribution in [0, 0.1) is 17.1 Å². The van der Waals surface area contributed by atoms with E-state index in [2.05, 4.69) is 20.9 Å². The zero-order valence-corrected chi connectivity index (χ0v) is 25.5. The Morgan fingerprint density at radius 1 is 1.20 bits per heavy atom. The zero-order valence-electron chi connectivity index (χ0n) is 25.5. The van der Waals surface area contributed by atoms with E-state index in [0.717, 1.165) is 0 Å². The monoisotopic (exact) mass is 610 g/mol. The van der Waals surface area contributed by atoms with Gasteiger partial charge in [0.15, 0.2) is 5.65 Å². The maximum absolute atomic E-state index is 15.6. The Morgan fingerprint density at radius 2 is 1.98 bits per heavy atom. The number of nitriles is 1. The van der Waals surface area contributed by atoms with Crippen molar-refractivity contribution < 1.29 is 18.7 Å². The summed E-state index contributed by atoms with van der Waals surface area (Å²) in [6.07, 6.45) is 4.48. The molecule has 0 unspecified atom stereocenters. The number of likely N-dealkylation sites (tertiary alicyclic amines) is 1. The molecule has 2 fully saturated rings. The Balaban J connectivity index is 1.28. The summed E-state index contributed by atoms with van der Waals surface area (Å²) in [5.74, 6) is 0.231. The van der Waals surface area contributed by atoms with Crippen LogP contribution in [0.3, 0.4) is 0 Å². The Hall–Kier alpha value is -4.86. The number of hydrogen-bond acceptors (Lipinski definition) is 9. The first-order valence-electron chi connectivity index (χ1n) is 14.9. The van der Waals surface area contributed by atoms with E-state index in [9.17, 15) is 10.1 Å². The second-order valence-corrected chi connectivity index (χ2v) is 12.0. The summed E-state index contributed by atoms with van der Waals surface area (Å²) in [5, 5.41) is 15.2. The molecule has 4 heterocycles. The second-order valence-electron chi connectivity index (χ2n) is 12.0. The second kappa shape index (κ2) is 12.3. The molecule has 4 aromatic rings. The number of halogens is 1. The van der Waals surface area contributed by atoms with Crippen LogP contribution < -0.4 is 10.5 Å². The van der Waals surface area contributed by atoms with Crippen molar-refractivity contribution in [2.75, 3.05) is 39.1 Å². The van der Waals surface area contributed by atoms with Gasteiger partial charge in [-0.3, -0.25) is 9.69 Å². The van der Waals surface area contributed by atoms with E-state index in [1.165, 1.54) is 12.4 Å². The number of benzene rings is 2. The third kappa shape index (κ3) is 5.96. The number of piperidine rings is 1. The van der Waals surface area contributed by atoms with Crippen molar-refractivity contribution >= 4 is 22.8 Å². The molecule has 0 spiro atoms. The lowest BCUT2D eigenvalue weighted by atomic mass is 9.96. The molecule has 45 heavy (non-hydrogen) atoms. The smallest absolute Gasteiger partial charge is 0.264 e. The fourth-order valence-electron chi connectivity index (χ4n) is 5.84. The van der Waals surface area contributed by atoms with Crippen LogP contribution in [0.1, 0.15) is 32.7 Å². The van der Waals surface area contributed by atoms with Gasteiger partial charge in [0.1, 0.15) is 46.8 Å². The molecule has 2 aliphatic heterocycles. The number of likely N-dealkylation sites (N-methyl/N-ethyl adjacent to an activating group) is 1. The highest BCUT2D eigenvalue weighted by Crippen LogP contribution is 2.36. The first kappa shape index (κ1) is 30.2. The Bertz CT molecular complexity index is 1790. The molecule has 0 saturated carbocycles. The number of rotatable bonds is 8. The molecule has 12 heteroatoms. The van der Waals surface area contributed by atoms with Crippen molar-refractivity contribution in [1.29, 1.82) is 5.26 Å². The Labute approximate surface area is 260 Å². The van der Waals surface area contributed by atoms with Crippen LogP contribution in [0.4, 0.5) is 10.2 Å². The molecule has 6 rings (SSSR count). The molecule has 2 N–H and O–H groups in total. The number of carbonyl (C=O) groups excluding carboxylic acids is 1. The first-order valence-corrected chi connectivity index (χ1v) is 14.9. The van der Waals surface area contributed by atoms with Gasteiger partial charge < -0.3 is 20.1 Å². The molecule has 11 nitrogen and oxygen atoms in total. The normalized spacial score (nSPS) is 17.7. The first-order chi connectivity index (χ1) is 21.7. The number of fused-ring (bicyclic) bond motifs is 1. The summed E-state index contributed by atoms with van der Waals surface area (Å²) >= 11 is 0. The number of ether oxygens (including phenoxy) is 2. The van der Waals surface area contributed by atoms with Gasteiger partial charge in [0.05, 0.1) is 30.7 Å². The highest BCUT2D eigenvalue weighted by molar-refractivity contribution is 5.99. The fourth-order valence-corrected chi connectivity index (χ4v) is 5.84. The van der Waals surface area contributed by atoms with Gasteiger partial charge in [0.2, 0.25) is 0 Å². The van der Waals surface area contributed by atoms with E-state index in [0.29, 0.717) is 67.4 Å². The van der Waals surface area contributed by atoms with Crippen molar-refractivity contribution in [2.45, 2.75) is 44.3 Å². The van der Waals surface area contributed by atoms with Crippen molar-refractivity contribution in [3.63, 3.8) is 0 Å². The molecule has 0 bridgehead atoms. The lowest BCUT2D eigenvalue weighted by molar-refractivity contribution is -0.128. The van der Waals surface area contributed by atoms with Crippen LogP contribution in [0.5, 0.6) is 11.5 Å². The third-order valence-electron chi connectivity index (χ3n) is 8.65. The minimum atomic E-state index is -0.538. The third-order valence-corrected chi connectivity index (χ3v) is 8.65. The summed E-state index contributed by atoms with van der Waals surface area (Å²) < 4.78 is 28.4. The van der Waals surface area contributed by atoms with Crippen molar-refractivity contribution in [3.05, 3.63) is 72.3 Å². The summed E-state index contributed by atoms with van der Waals surface area (Å²) in [7, 11) is 1.97. The minimum Gasteiger partial charge on any atom is -0.457 e. The molecular formula is C33H35FN8O3. The van der Waals surface area contributed by atoms with Gasteiger partial charge in [-0.2, -0.15) is 10.4 Å². The number of aromatic nitrogens is 4. The zero-order chi connectivity index (χ0) is 31.7. The van der Waals surface area contributed by atoms with Crippen LogP contribution in [0.25, 0.3) is 22.3 Å². The van der Waals surface area contributed by atoms with Crippen LogP contribution >= 0.6 is 0 Å². The van der Waals surface area contributed by atoms with Gasteiger partial charge in [-0.15, -0.1) is 0 Å². The molecule has 2 aliphatic rings. The molecule has 2 saturated heterocycles. The number of nitrogens with zero attached hydrogens (tertiary/aromatic N) is 7. The van der Waals surface area contributed by atoms with Gasteiger partial charge in [0.25, 0.3) is 5.91 Å². The van der Waals surface area contributed by atoms with Gasteiger partial charge in [-0.1, -0.05) is 18.2 Å². The number of nitrogens with two attached hydrogens (primary N) is 1. The largest absolute Gasteiger partial charge is 0.457 e. The summed E-state index contributed by atoms with van der Waals surface area (Å²) in [6.45, 7) is 6.02. The van der Waals surface area contributed by atoms with Gasteiger partial charge in [0, 0.05) is 30.3 Å². The topological polar surface area (TPSA) is 135 Å². The molecule has 1 atom stereocenters. The Morgan fingerprint density at radius 3 is 2.67 bits per heavy atom. The average molecular weight is 611 g/mol. The number of carbonyl (C=O) groups is 1. The number of hydrogen-bond donors (Lipinski definition) is 1. The molecule has 0 aliphatic carbocycles. The predicted molar refractivity (Wildman–Crippen MR) is 167 cm³/mol. The van der Waals surface area contributed by atoms with Crippen LogP contribution in [0.2, 0.25) is 0 Å². The maximum Gasteiger partial charge on any atom is 0.264 e. The molecule has 2 aromatic heterocycles. The quantitative estimate of drug-likeness (QED) is 0.222. The van der Waals surface area contributed by atoms with Crippen molar-refractivity contribution in [2.24, 2.45) is 0 Å². The highest BCUT2D eigenvalue weighted by Gasteiger charge is 2.35. The molecular weight excluding hydrogens is 575 g/mol. The van der Waals surface area contributed by atoms with Crippen LogP contribution in [0.15, 0.2) is 66.5 Å².